The molecule has 0 spiro atoms. The zero-order valence-electron chi connectivity index (χ0n) is 13.4. The maximum atomic E-state index is 13.0. The number of aromatic nitrogens is 1. The maximum Gasteiger partial charge on any atom is 0.258 e. The molecule has 0 aliphatic carbocycles. The summed E-state index contributed by atoms with van der Waals surface area (Å²) >= 11 is 1.68. The lowest BCUT2D eigenvalue weighted by Gasteiger charge is -2.24. The van der Waals surface area contributed by atoms with Crippen molar-refractivity contribution in [3.8, 4) is 5.75 Å². The molecule has 0 unspecified atom stereocenters. The summed E-state index contributed by atoms with van der Waals surface area (Å²) in [7, 11) is 1.60. The molecule has 122 valence electrons. The SMILES string of the molecule is COc1ccccc1C(=O)N1CCC[C@@H]1c1nc2ccccc2s1. The second kappa shape index (κ2) is 6.24. The molecule has 0 N–H and O–H groups in total. The number of amides is 1. The first-order chi connectivity index (χ1) is 11.8. The molecule has 4 rings (SSSR count). The number of hydrogen-bond donors (Lipinski definition) is 0. The van der Waals surface area contributed by atoms with Crippen molar-refractivity contribution in [3.05, 3.63) is 59.1 Å². The molecule has 1 amide bonds. The van der Waals surface area contributed by atoms with Crippen LogP contribution < -0.4 is 4.74 Å². The van der Waals surface area contributed by atoms with Gasteiger partial charge in [-0.05, 0) is 37.1 Å². The second-order valence-corrected chi connectivity index (χ2v) is 6.94. The van der Waals surface area contributed by atoms with E-state index in [9.17, 15) is 4.79 Å². The van der Waals surface area contributed by atoms with Gasteiger partial charge in [-0.1, -0.05) is 24.3 Å². The number of hydrogen-bond acceptors (Lipinski definition) is 4. The predicted octanol–water partition coefficient (Wildman–Crippen LogP) is 4.28. The van der Waals surface area contributed by atoms with E-state index in [0.717, 1.165) is 29.9 Å². The molecule has 1 atom stereocenters. The summed E-state index contributed by atoms with van der Waals surface area (Å²) in [5.74, 6) is 0.645. The van der Waals surface area contributed by atoms with Crippen molar-refractivity contribution < 1.29 is 9.53 Å². The molecule has 0 bridgehead atoms. The molecule has 24 heavy (non-hydrogen) atoms. The van der Waals surface area contributed by atoms with Crippen LogP contribution in [0.2, 0.25) is 0 Å². The van der Waals surface area contributed by atoms with Gasteiger partial charge in [-0.15, -0.1) is 11.3 Å². The number of rotatable bonds is 3. The molecule has 1 saturated heterocycles. The predicted molar refractivity (Wildman–Crippen MR) is 95.6 cm³/mol. The van der Waals surface area contributed by atoms with Crippen molar-refractivity contribution >= 4 is 27.5 Å². The highest BCUT2D eigenvalue weighted by Gasteiger charge is 2.33. The first kappa shape index (κ1) is 15.1. The molecule has 2 aromatic carbocycles. The van der Waals surface area contributed by atoms with Crippen LogP contribution in [-0.2, 0) is 0 Å². The lowest BCUT2D eigenvalue weighted by molar-refractivity contribution is 0.0732. The number of ether oxygens (including phenoxy) is 1. The van der Waals surface area contributed by atoms with Crippen molar-refractivity contribution in [2.45, 2.75) is 18.9 Å². The molecular formula is C19H18N2O2S. The van der Waals surface area contributed by atoms with Gasteiger partial charge in [0.15, 0.2) is 0 Å². The van der Waals surface area contributed by atoms with Crippen LogP contribution in [0.3, 0.4) is 0 Å². The van der Waals surface area contributed by atoms with E-state index in [1.165, 1.54) is 4.70 Å². The van der Waals surface area contributed by atoms with Gasteiger partial charge in [0.1, 0.15) is 10.8 Å². The van der Waals surface area contributed by atoms with Crippen molar-refractivity contribution in [1.29, 1.82) is 0 Å². The number of para-hydroxylation sites is 2. The molecule has 0 radical (unpaired) electrons. The number of benzene rings is 2. The Morgan fingerprint density at radius 2 is 2.00 bits per heavy atom. The lowest BCUT2D eigenvalue weighted by Crippen LogP contribution is -2.30. The number of carbonyl (C=O) groups is 1. The van der Waals surface area contributed by atoms with Crippen LogP contribution in [0.1, 0.15) is 34.2 Å². The third-order valence-electron chi connectivity index (χ3n) is 4.45. The molecule has 2 heterocycles. The largest absolute Gasteiger partial charge is 0.496 e. The summed E-state index contributed by atoms with van der Waals surface area (Å²) in [6, 6.07) is 15.6. The standard InChI is InChI=1S/C19H18N2O2S/c1-23-16-10-4-2-7-13(16)19(22)21-12-6-9-15(21)18-20-14-8-3-5-11-17(14)24-18/h2-5,7-8,10-11,15H,6,9,12H2,1H3/t15-/m1/s1. The number of thiazole rings is 1. The third kappa shape index (κ3) is 2.55. The molecule has 0 saturated carbocycles. The number of methoxy groups -OCH3 is 1. The van der Waals surface area contributed by atoms with E-state index in [0.29, 0.717) is 11.3 Å². The number of nitrogens with zero attached hydrogens (tertiary/aromatic N) is 2. The van der Waals surface area contributed by atoms with E-state index in [1.54, 1.807) is 18.4 Å². The number of likely N-dealkylation sites (tertiary alicyclic amines) is 1. The maximum absolute atomic E-state index is 13.0. The van der Waals surface area contributed by atoms with Gasteiger partial charge in [-0.25, -0.2) is 4.98 Å². The molecular weight excluding hydrogens is 320 g/mol. The van der Waals surface area contributed by atoms with E-state index in [4.69, 9.17) is 9.72 Å². The van der Waals surface area contributed by atoms with Gasteiger partial charge < -0.3 is 9.64 Å². The van der Waals surface area contributed by atoms with Crippen LogP contribution in [0.4, 0.5) is 0 Å². The highest BCUT2D eigenvalue weighted by atomic mass is 32.1. The van der Waals surface area contributed by atoms with E-state index in [1.807, 2.05) is 47.4 Å². The molecule has 1 aromatic heterocycles. The Kier molecular flexibility index (Phi) is 3.94. The van der Waals surface area contributed by atoms with Crippen LogP contribution in [0.15, 0.2) is 48.5 Å². The summed E-state index contributed by atoms with van der Waals surface area (Å²) in [5, 5.41) is 1.02. The zero-order chi connectivity index (χ0) is 16.5. The fourth-order valence-electron chi connectivity index (χ4n) is 3.28. The summed E-state index contributed by atoms with van der Waals surface area (Å²) in [4.78, 5) is 19.7. The van der Waals surface area contributed by atoms with Crippen LogP contribution in [0, 0.1) is 0 Å². The van der Waals surface area contributed by atoms with Gasteiger partial charge in [-0.2, -0.15) is 0 Å². The molecule has 5 heteroatoms. The van der Waals surface area contributed by atoms with E-state index in [-0.39, 0.29) is 11.9 Å². The Morgan fingerprint density at radius 3 is 2.83 bits per heavy atom. The minimum Gasteiger partial charge on any atom is -0.496 e. The Hall–Kier alpha value is -2.40. The summed E-state index contributed by atoms with van der Waals surface area (Å²) in [5.41, 5.74) is 1.63. The smallest absolute Gasteiger partial charge is 0.258 e. The van der Waals surface area contributed by atoms with E-state index in [2.05, 4.69) is 6.07 Å². The van der Waals surface area contributed by atoms with Crippen molar-refractivity contribution in [1.82, 2.24) is 9.88 Å². The van der Waals surface area contributed by atoms with Gasteiger partial charge in [0.2, 0.25) is 0 Å². The molecule has 4 nitrogen and oxygen atoms in total. The Balaban J connectivity index is 1.68. The quantitative estimate of drug-likeness (QED) is 0.716. The first-order valence-corrected chi connectivity index (χ1v) is 8.89. The van der Waals surface area contributed by atoms with Crippen molar-refractivity contribution in [2.75, 3.05) is 13.7 Å². The molecule has 1 aliphatic rings. The fourth-order valence-corrected chi connectivity index (χ4v) is 4.39. The average molecular weight is 338 g/mol. The van der Waals surface area contributed by atoms with Gasteiger partial charge in [0.25, 0.3) is 5.91 Å². The molecule has 1 aliphatic heterocycles. The van der Waals surface area contributed by atoms with Crippen molar-refractivity contribution in [2.24, 2.45) is 0 Å². The van der Waals surface area contributed by atoms with Crippen LogP contribution in [-0.4, -0.2) is 29.4 Å². The zero-order valence-corrected chi connectivity index (χ0v) is 14.3. The van der Waals surface area contributed by atoms with Gasteiger partial charge in [-0.3, -0.25) is 4.79 Å². The van der Waals surface area contributed by atoms with Gasteiger partial charge >= 0.3 is 0 Å². The molecule has 3 aromatic rings. The lowest BCUT2D eigenvalue weighted by atomic mass is 10.1. The highest BCUT2D eigenvalue weighted by molar-refractivity contribution is 7.18. The van der Waals surface area contributed by atoms with E-state index >= 15 is 0 Å². The average Bonchev–Trinajstić information content (AvgIpc) is 3.27. The minimum absolute atomic E-state index is 0.0224. The highest BCUT2D eigenvalue weighted by Crippen LogP contribution is 2.38. The van der Waals surface area contributed by atoms with Gasteiger partial charge in [0.05, 0.1) is 28.9 Å². The first-order valence-electron chi connectivity index (χ1n) is 8.07. The normalized spacial score (nSPS) is 17.4. The van der Waals surface area contributed by atoms with Crippen molar-refractivity contribution in [3.63, 3.8) is 0 Å². The van der Waals surface area contributed by atoms with Gasteiger partial charge in [0, 0.05) is 6.54 Å². The van der Waals surface area contributed by atoms with Crippen LogP contribution >= 0.6 is 11.3 Å². The summed E-state index contributed by atoms with van der Waals surface area (Å²) in [6.07, 6.45) is 1.96. The topological polar surface area (TPSA) is 42.4 Å². The van der Waals surface area contributed by atoms with E-state index < -0.39 is 0 Å². The Bertz CT molecular complexity index is 857. The Morgan fingerprint density at radius 1 is 1.21 bits per heavy atom. The summed E-state index contributed by atoms with van der Waals surface area (Å²) in [6.45, 7) is 0.761. The second-order valence-electron chi connectivity index (χ2n) is 5.88. The minimum atomic E-state index is 0.0224. The van der Waals surface area contributed by atoms with Crippen LogP contribution in [0.25, 0.3) is 10.2 Å². The Labute approximate surface area is 144 Å². The van der Waals surface area contributed by atoms with Crippen LogP contribution in [0.5, 0.6) is 5.75 Å². The third-order valence-corrected chi connectivity index (χ3v) is 5.58. The summed E-state index contributed by atoms with van der Waals surface area (Å²) < 4.78 is 6.52. The molecule has 1 fully saturated rings. The number of fused-ring (bicyclic) bond motifs is 1. The number of carbonyl (C=O) groups excluding carboxylic acids is 1. The fraction of sp³-hybridized carbons (Fsp3) is 0.263. The monoisotopic (exact) mass is 338 g/mol.